The Morgan fingerprint density at radius 3 is 2.14 bits per heavy atom. The molecule has 1 N–H and O–H groups in total. The van der Waals surface area contributed by atoms with E-state index in [9.17, 15) is 9.59 Å². The molecule has 1 heterocycles. The van der Waals surface area contributed by atoms with Crippen LogP contribution in [0.25, 0.3) is 0 Å². The van der Waals surface area contributed by atoms with Crippen molar-refractivity contribution in [2.75, 3.05) is 13.1 Å². The summed E-state index contributed by atoms with van der Waals surface area (Å²) in [5.74, 6) is 0.163. The number of piperidine rings is 1. The maximum Gasteiger partial charge on any atom is 0.253 e. The fourth-order valence-electron chi connectivity index (χ4n) is 2.51. The van der Waals surface area contributed by atoms with Crippen molar-refractivity contribution in [2.45, 2.75) is 46.6 Å². The van der Waals surface area contributed by atoms with E-state index in [2.05, 4.69) is 5.32 Å². The highest BCUT2D eigenvalue weighted by Gasteiger charge is 2.28. The molecule has 4 heteroatoms. The van der Waals surface area contributed by atoms with Gasteiger partial charge in [-0.25, -0.2) is 0 Å². The Kier molecular flexibility index (Phi) is 4.89. The first-order valence-electron chi connectivity index (χ1n) is 7.94. The van der Waals surface area contributed by atoms with Crippen LogP contribution in [0.2, 0.25) is 0 Å². The number of amides is 2. The van der Waals surface area contributed by atoms with Crippen LogP contribution in [0.5, 0.6) is 0 Å². The number of carbonyl (C=O) groups is 2. The van der Waals surface area contributed by atoms with Crippen LogP contribution in [0.15, 0.2) is 24.3 Å². The Labute approximate surface area is 132 Å². The minimum Gasteiger partial charge on any atom is -0.353 e. The second kappa shape index (κ2) is 6.51. The van der Waals surface area contributed by atoms with Crippen molar-refractivity contribution < 1.29 is 9.59 Å². The summed E-state index contributed by atoms with van der Waals surface area (Å²) in [7, 11) is 0. The highest BCUT2D eigenvalue weighted by Crippen LogP contribution is 2.18. The molecule has 2 rings (SSSR count). The number of carbonyl (C=O) groups excluding carboxylic acids is 2. The van der Waals surface area contributed by atoms with E-state index < -0.39 is 0 Å². The molecule has 0 aliphatic carbocycles. The van der Waals surface area contributed by atoms with Crippen molar-refractivity contribution in [1.29, 1.82) is 0 Å². The molecule has 1 aromatic rings. The van der Waals surface area contributed by atoms with Gasteiger partial charge in [0.15, 0.2) is 0 Å². The predicted molar refractivity (Wildman–Crippen MR) is 87.7 cm³/mol. The number of aryl methyl sites for hydroxylation is 1. The Hall–Kier alpha value is -1.84. The van der Waals surface area contributed by atoms with Gasteiger partial charge in [-0.05, 0) is 31.9 Å². The highest BCUT2D eigenvalue weighted by atomic mass is 16.2. The van der Waals surface area contributed by atoms with Crippen molar-refractivity contribution >= 4 is 11.8 Å². The maximum absolute atomic E-state index is 12.4. The fourth-order valence-corrected chi connectivity index (χ4v) is 2.51. The first-order chi connectivity index (χ1) is 10.3. The van der Waals surface area contributed by atoms with Crippen molar-refractivity contribution in [1.82, 2.24) is 10.2 Å². The SMILES string of the molecule is Cc1ccc(C(=O)N2CCC(NC(=O)C(C)(C)C)CC2)cc1. The van der Waals surface area contributed by atoms with Crippen molar-refractivity contribution in [3.63, 3.8) is 0 Å². The van der Waals surface area contributed by atoms with E-state index in [1.165, 1.54) is 0 Å². The third-order valence-electron chi connectivity index (χ3n) is 4.10. The van der Waals surface area contributed by atoms with Crippen LogP contribution in [-0.4, -0.2) is 35.8 Å². The molecule has 1 saturated heterocycles. The molecule has 0 radical (unpaired) electrons. The lowest BCUT2D eigenvalue weighted by Gasteiger charge is -2.33. The van der Waals surface area contributed by atoms with Crippen LogP contribution in [0.4, 0.5) is 0 Å². The van der Waals surface area contributed by atoms with Gasteiger partial charge < -0.3 is 10.2 Å². The lowest BCUT2D eigenvalue weighted by Crippen LogP contribution is -2.49. The Balaban J connectivity index is 1.88. The Morgan fingerprint density at radius 1 is 1.09 bits per heavy atom. The van der Waals surface area contributed by atoms with Crippen LogP contribution in [0.1, 0.15) is 49.5 Å². The molecule has 0 spiro atoms. The molecule has 1 aromatic carbocycles. The molecule has 1 aliphatic heterocycles. The van der Waals surface area contributed by atoms with E-state index >= 15 is 0 Å². The standard InChI is InChI=1S/C18H26N2O2/c1-13-5-7-14(8-6-13)16(21)20-11-9-15(10-12-20)19-17(22)18(2,3)4/h5-8,15H,9-12H2,1-4H3,(H,19,22). The Bertz CT molecular complexity index is 535. The molecule has 0 atom stereocenters. The summed E-state index contributed by atoms with van der Waals surface area (Å²) in [6, 6.07) is 7.86. The fraction of sp³-hybridized carbons (Fsp3) is 0.556. The molecule has 22 heavy (non-hydrogen) atoms. The van der Waals surface area contributed by atoms with Gasteiger partial charge >= 0.3 is 0 Å². The zero-order valence-electron chi connectivity index (χ0n) is 14.0. The summed E-state index contributed by atoms with van der Waals surface area (Å²) in [5, 5.41) is 3.09. The van der Waals surface area contributed by atoms with Crippen LogP contribution in [0.3, 0.4) is 0 Å². The van der Waals surface area contributed by atoms with E-state index in [0.29, 0.717) is 13.1 Å². The van der Waals surface area contributed by atoms with Crippen LogP contribution in [-0.2, 0) is 4.79 Å². The minimum absolute atomic E-state index is 0.0795. The summed E-state index contributed by atoms with van der Waals surface area (Å²) in [4.78, 5) is 26.3. The molecule has 120 valence electrons. The smallest absolute Gasteiger partial charge is 0.253 e. The highest BCUT2D eigenvalue weighted by molar-refractivity contribution is 5.94. The molecule has 4 nitrogen and oxygen atoms in total. The number of hydrogen-bond acceptors (Lipinski definition) is 2. The first kappa shape index (κ1) is 16.5. The van der Waals surface area contributed by atoms with E-state index in [1.807, 2.05) is 56.9 Å². The molecule has 2 amide bonds. The molecular weight excluding hydrogens is 276 g/mol. The van der Waals surface area contributed by atoms with Gasteiger partial charge in [0, 0.05) is 30.1 Å². The average molecular weight is 302 g/mol. The molecule has 1 aliphatic rings. The number of rotatable bonds is 2. The molecular formula is C18H26N2O2. The lowest BCUT2D eigenvalue weighted by molar-refractivity contribution is -0.129. The normalized spacial score (nSPS) is 16.5. The van der Waals surface area contributed by atoms with Crippen molar-refractivity contribution in [3.8, 4) is 0 Å². The third-order valence-corrected chi connectivity index (χ3v) is 4.10. The quantitative estimate of drug-likeness (QED) is 0.913. The van der Waals surface area contributed by atoms with E-state index in [1.54, 1.807) is 0 Å². The number of benzene rings is 1. The third kappa shape index (κ3) is 4.09. The van der Waals surface area contributed by atoms with Gasteiger partial charge in [-0.1, -0.05) is 38.5 Å². The van der Waals surface area contributed by atoms with Gasteiger partial charge in [0.05, 0.1) is 0 Å². The molecule has 0 bridgehead atoms. The summed E-state index contributed by atoms with van der Waals surface area (Å²) in [5.41, 5.74) is 1.53. The number of nitrogens with zero attached hydrogens (tertiary/aromatic N) is 1. The van der Waals surface area contributed by atoms with Gasteiger partial charge in [-0.15, -0.1) is 0 Å². The zero-order chi connectivity index (χ0) is 16.3. The van der Waals surface area contributed by atoms with Crippen LogP contribution in [0, 0.1) is 12.3 Å². The van der Waals surface area contributed by atoms with Gasteiger partial charge in [0.2, 0.25) is 5.91 Å². The molecule has 0 aromatic heterocycles. The maximum atomic E-state index is 12.4. The van der Waals surface area contributed by atoms with Gasteiger partial charge in [-0.3, -0.25) is 9.59 Å². The van der Waals surface area contributed by atoms with Gasteiger partial charge in [0.25, 0.3) is 5.91 Å². The van der Waals surface area contributed by atoms with E-state index in [-0.39, 0.29) is 23.3 Å². The predicted octanol–water partition coefficient (Wildman–Crippen LogP) is 2.76. The summed E-state index contributed by atoms with van der Waals surface area (Å²) in [6.07, 6.45) is 1.64. The summed E-state index contributed by atoms with van der Waals surface area (Å²) < 4.78 is 0. The summed E-state index contributed by atoms with van der Waals surface area (Å²) >= 11 is 0. The first-order valence-corrected chi connectivity index (χ1v) is 7.94. The average Bonchev–Trinajstić information content (AvgIpc) is 2.47. The summed E-state index contributed by atoms with van der Waals surface area (Å²) in [6.45, 7) is 9.15. The number of likely N-dealkylation sites (tertiary alicyclic amines) is 1. The Morgan fingerprint density at radius 2 is 1.64 bits per heavy atom. The van der Waals surface area contributed by atoms with Crippen molar-refractivity contribution in [2.24, 2.45) is 5.41 Å². The van der Waals surface area contributed by atoms with E-state index in [0.717, 1.165) is 24.0 Å². The van der Waals surface area contributed by atoms with Gasteiger partial charge in [0.1, 0.15) is 0 Å². The number of hydrogen-bond donors (Lipinski definition) is 1. The largest absolute Gasteiger partial charge is 0.353 e. The monoisotopic (exact) mass is 302 g/mol. The second-order valence-corrected chi connectivity index (χ2v) is 7.16. The van der Waals surface area contributed by atoms with Crippen LogP contribution >= 0.6 is 0 Å². The minimum atomic E-state index is -0.366. The lowest BCUT2D eigenvalue weighted by atomic mass is 9.94. The van der Waals surface area contributed by atoms with Gasteiger partial charge in [-0.2, -0.15) is 0 Å². The topological polar surface area (TPSA) is 49.4 Å². The number of nitrogens with one attached hydrogen (secondary N) is 1. The van der Waals surface area contributed by atoms with E-state index in [4.69, 9.17) is 0 Å². The second-order valence-electron chi connectivity index (χ2n) is 7.16. The molecule has 0 unspecified atom stereocenters. The molecule has 0 saturated carbocycles. The molecule has 1 fully saturated rings. The zero-order valence-corrected chi connectivity index (χ0v) is 14.0. The van der Waals surface area contributed by atoms with Crippen LogP contribution < -0.4 is 5.32 Å². The van der Waals surface area contributed by atoms with Crippen molar-refractivity contribution in [3.05, 3.63) is 35.4 Å².